The summed E-state index contributed by atoms with van der Waals surface area (Å²) < 4.78 is 4.64. The minimum atomic E-state index is -0.634. The third-order valence-electron chi connectivity index (χ3n) is 6.11. The first-order valence-corrected chi connectivity index (χ1v) is 9.59. The van der Waals surface area contributed by atoms with Crippen LogP contribution in [0.25, 0.3) is 0 Å². The fourth-order valence-corrected chi connectivity index (χ4v) is 4.08. The van der Waals surface area contributed by atoms with E-state index in [-0.39, 0.29) is 27.9 Å². The van der Waals surface area contributed by atoms with Crippen molar-refractivity contribution in [2.75, 3.05) is 7.11 Å². The molecule has 1 aliphatic carbocycles. The second kappa shape index (κ2) is 6.77. The molecular weight excluding hydrogens is 352 g/mol. The molecule has 0 aromatic heterocycles. The van der Waals surface area contributed by atoms with Gasteiger partial charge in [-0.25, -0.2) is 4.79 Å². The summed E-state index contributed by atoms with van der Waals surface area (Å²) in [5, 5.41) is 10.1. The predicted molar refractivity (Wildman–Crippen MR) is 109 cm³/mol. The molecule has 0 unspecified atom stereocenters. The Morgan fingerprint density at radius 3 is 2.04 bits per heavy atom. The lowest BCUT2D eigenvalue weighted by Crippen LogP contribution is -2.34. The number of rotatable bonds is 3. The largest absolute Gasteiger partial charge is 0.507 e. The van der Waals surface area contributed by atoms with Gasteiger partial charge < -0.3 is 9.84 Å². The van der Waals surface area contributed by atoms with Gasteiger partial charge in [0.25, 0.3) is 0 Å². The number of carbonyl (C=O) groups is 2. The smallest absolute Gasteiger partial charge is 0.341 e. The molecule has 28 heavy (non-hydrogen) atoms. The molecule has 4 nitrogen and oxygen atoms in total. The number of phenolic OH excluding ortho intramolecular Hbond substituents is 1. The molecule has 1 aliphatic rings. The number of ether oxygens (including phenoxy) is 1. The number of hydrogen-bond donors (Lipinski definition) is 1. The summed E-state index contributed by atoms with van der Waals surface area (Å²) in [4.78, 5) is 24.9. The molecule has 0 radical (unpaired) electrons. The maximum Gasteiger partial charge on any atom is 0.341 e. The van der Waals surface area contributed by atoms with Crippen LogP contribution >= 0.6 is 0 Å². The van der Waals surface area contributed by atoms with Crippen LogP contribution in [0.5, 0.6) is 5.75 Å². The number of carbonyl (C=O) groups excluding carboxylic acids is 2. The number of methoxy groups -OCH3 is 1. The maximum atomic E-state index is 13.2. The molecule has 0 aliphatic heterocycles. The SMILES string of the molecule is COC(=O)c1ccc(C(=O)c2cc3c(cc2C)C(C)(C)CCC3(C)C)cc1O. The Morgan fingerprint density at radius 2 is 1.50 bits per heavy atom. The molecule has 3 rings (SSSR count). The van der Waals surface area contributed by atoms with Gasteiger partial charge in [0.2, 0.25) is 0 Å². The zero-order valence-electron chi connectivity index (χ0n) is 17.5. The van der Waals surface area contributed by atoms with Crippen molar-refractivity contribution < 1.29 is 19.4 Å². The van der Waals surface area contributed by atoms with Gasteiger partial charge in [-0.1, -0.05) is 33.8 Å². The molecule has 4 heteroatoms. The highest BCUT2D eigenvalue weighted by molar-refractivity contribution is 6.11. The molecule has 0 spiro atoms. The molecule has 0 saturated carbocycles. The van der Waals surface area contributed by atoms with E-state index >= 15 is 0 Å². The lowest BCUT2D eigenvalue weighted by atomic mass is 9.62. The lowest BCUT2D eigenvalue weighted by Gasteiger charge is -2.42. The van der Waals surface area contributed by atoms with Crippen LogP contribution in [-0.4, -0.2) is 24.0 Å². The Hall–Kier alpha value is -2.62. The number of aromatic hydroxyl groups is 1. The van der Waals surface area contributed by atoms with E-state index in [4.69, 9.17) is 0 Å². The highest BCUT2D eigenvalue weighted by Crippen LogP contribution is 2.46. The van der Waals surface area contributed by atoms with Crippen LogP contribution in [0.1, 0.15) is 83.5 Å². The van der Waals surface area contributed by atoms with Gasteiger partial charge in [0, 0.05) is 11.1 Å². The molecule has 0 bridgehead atoms. The number of benzene rings is 2. The van der Waals surface area contributed by atoms with E-state index in [9.17, 15) is 14.7 Å². The van der Waals surface area contributed by atoms with Crippen LogP contribution in [0.4, 0.5) is 0 Å². The normalized spacial score (nSPS) is 16.9. The third-order valence-corrected chi connectivity index (χ3v) is 6.11. The number of aryl methyl sites for hydroxylation is 1. The second-order valence-electron chi connectivity index (χ2n) is 9.03. The van der Waals surface area contributed by atoms with Crippen LogP contribution in [0.15, 0.2) is 30.3 Å². The maximum absolute atomic E-state index is 13.2. The zero-order chi connectivity index (χ0) is 20.9. The summed E-state index contributed by atoms with van der Waals surface area (Å²) in [6.45, 7) is 10.9. The van der Waals surface area contributed by atoms with Gasteiger partial charge >= 0.3 is 5.97 Å². The Morgan fingerprint density at radius 1 is 0.929 bits per heavy atom. The molecule has 0 heterocycles. The van der Waals surface area contributed by atoms with Crippen LogP contribution in [0.3, 0.4) is 0 Å². The second-order valence-corrected chi connectivity index (χ2v) is 9.03. The molecule has 148 valence electrons. The fraction of sp³-hybridized carbons (Fsp3) is 0.417. The minimum absolute atomic E-state index is 0.00443. The van der Waals surface area contributed by atoms with Gasteiger partial charge in [-0.05, 0) is 71.6 Å². The van der Waals surface area contributed by atoms with Crippen molar-refractivity contribution in [1.82, 2.24) is 0 Å². The van der Waals surface area contributed by atoms with Gasteiger partial charge in [0.15, 0.2) is 5.78 Å². The molecule has 0 saturated heterocycles. The molecule has 2 aromatic carbocycles. The molecule has 1 N–H and O–H groups in total. The number of hydrogen-bond acceptors (Lipinski definition) is 4. The van der Waals surface area contributed by atoms with E-state index in [0.717, 1.165) is 18.4 Å². The Bertz CT molecular complexity index is 967. The van der Waals surface area contributed by atoms with Gasteiger partial charge in [-0.15, -0.1) is 0 Å². The molecular formula is C24H28O4. The predicted octanol–water partition coefficient (Wildman–Crippen LogP) is 5.07. The highest BCUT2D eigenvalue weighted by Gasteiger charge is 2.37. The average Bonchev–Trinajstić information content (AvgIpc) is 2.64. The lowest BCUT2D eigenvalue weighted by molar-refractivity contribution is 0.0597. The summed E-state index contributed by atoms with van der Waals surface area (Å²) in [6, 6.07) is 8.49. The standard InChI is InChI=1S/C24H28O4/c1-14-11-18-19(24(4,5)10-9-23(18,2)3)13-17(14)21(26)15-7-8-16(20(25)12-15)22(27)28-6/h7-8,11-13,25H,9-10H2,1-6H3. The first-order chi connectivity index (χ1) is 13.0. The first-order valence-electron chi connectivity index (χ1n) is 9.59. The molecule has 0 atom stereocenters. The summed E-state index contributed by atoms with van der Waals surface area (Å²) >= 11 is 0. The number of ketones is 1. The molecule has 0 amide bonds. The number of fused-ring (bicyclic) bond motifs is 1. The van der Waals surface area contributed by atoms with Crippen LogP contribution in [-0.2, 0) is 15.6 Å². The number of esters is 1. The van der Waals surface area contributed by atoms with Gasteiger partial charge in [0.05, 0.1) is 7.11 Å². The third kappa shape index (κ3) is 3.32. The average molecular weight is 380 g/mol. The minimum Gasteiger partial charge on any atom is -0.507 e. The molecule has 2 aromatic rings. The van der Waals surface area contributed by atoms with Crippen LogP contribution in [0.2, 0.25) is 0 Å². The topological polar surface area (TPSA) is 63.6 Å². The summed E-state index contributed by atoms with van der Waals surface area (Å²) in [7, 11) is 1.25. The fourth-order valence-electron chi connectivity index (χ4n) is 4.08. The van der Waals surface area contributed by atoms with Crippen LogP contribution in [0, 0.1) is 6.92 Å². The van der Waals surface area contributed by atoms with Crippen molar-refractivity contribution in [1.29, 1.82) is 0 Å². The van der Waals surface area contributed by atoms with Crippen molar-refractivity contribution in [2.24, 2.45) is 0 Å². The Kier molecular flexibility index (Phi) is 4.86. The van der Waals surface area contributed by atoms with E-state index in [0.29, 0.717) is 11.1 Å². The van der Waals surface area contributed by atoms with Crippen molar-refractivity contribution in [3.8, 4) is 5.75 Å². The zero-order valence-corrected chi connectivity index (χ0v) is 17.5. The van der Waals surface area contributed by atoms with E-state index in [1.165, 1.54) is 30.4 Å². The van der Waals surface area contributed by atoms with Gasteiger partial charge in [0.1, 0.15) is 11.3 Å². The first kappa shape index (κ1) is 20.1. The van der Waals surface area contributed by atoms with E-state index in [2.05, 4.69) is 38.5 Å². The van der Waals surface area contributed by atoms with Crippen molar-refractivity contribution in [3.63, 3.8) is 0 Å². The summed E-state index contributed by atoms with van der Waals surface area (Å²) in [5.41, 5.74) is 4.56. The van der Waals surface area contributed by atoms with Crippen molar-refractivity contribution in [3.05, 3.63) is 63.7 Å². The van der Waals surface area contributed by atoms with Gasteiger partial charge in [-0.2, -0.15) is 0 Å². The Balaban J connectivity index is 2.09. The van der Waals surface area contributed by atoms with Crippen LogP contribution < -0.4 is 0 Å². The highest BCUT2D eigenvalue weighted by atomic mass is 16.5. The van der Waals surface area contributed by atoms with E-state index in [1.807, 2.05) is 13.0 Å². The van der Waals surface area contributed by atoms with Crippen molar-refractivity contribution >= 4 is 11.8 Å². The van der Waals surface area contributed by atoms with E-state index in [1.54, 1.807) is 6.07 Å². The summed E-state index contributed by atoms with van der Waals surface area (Å²) in [5.74, 6) is -1.05. The molecule has 0 fully saturated rings. The van der Waals surface area contributed by atoms with E-state index < -0.39 is 5.97 Å². The Labute approximate surface area is 166 Å². The summed E-state index contributed by atoms with van der Waals surface area (Å²) in [6.07, 6.45) is 2.18. The quantitative estimate of drug-likeness (QED) is 0.597. The van der Waals surface area contributed by atoms with Crippen molar-refractivity contribution in [2.45, 2.75) is 58.3 Å². The monoisotopic (exact) mass is 380 g/mol. The van der Waals surface area contributed by atoms with Gasteiger partial charge in [-0.3, -0.25) is 4.79 Å². The number of phenols is 1.